The molecule has 1 aromatic carbocycles. The summed E-state index contributed by atoms with van der Waals surface area (Å²) < 4.78 is 0. The van der Waals surface area contributed by atoms with Gasteiger partial charge in [0.2, 0.25) is 0 Å². The molecule has 3 heteroatoms. The van der Waals surface area contributed by atoms with Gasteiger partial charge < -0.3 is 14.7 Å². The molecule has 2 aliphatic heterocycles. The highest BCUT2D eigenvalue weighted by molar-refractivity contribution is 5.26. The number of rotatable bonds is 7. The predicted octanol–water partition coefficient (Wildman–Crippen LogP) is 6.13. The molecule has 1 atom stereocenters. The molecule has 178 valence electrons. The third-order valence-electron chi connectivity index (χ3n) is 7.06. The summed E-state index contributed by atoms with van der Waals surface area (Å²) in [5.74, 6) is 1.18. The number of nitrogens with zero attached hydrogens (tertiary/aromatic N) is 3. The molecule has 3 rings (SSSR count). The first-order valence-electron chi connectivity index (χ1n) is 12.7. The van der Waals surface area contributed by atoms with Gasteiger partial charge in [-0.1, -0.05) is 63.8 Å². The molecule has 1 unspecified atom stereocenters. The molecular formula is C29H47N3. The quantitative estimate of drug-likeness (QED) is 0.475. The van der Waals surface area contributed by atoms with Crippen LogP contribution in [0.2, 0.25) is 0 Å². The van der Waals surface area contributed by atoms with Gasteiger partial charge in [-0.2, -0.15) is 0 Å². The van der Waals surface area contributed by atoms with Gasteiger partial charge in [-0.3, -0.25) is 0 Å². The topological polar surface area (TPSA) is 9.72 Å². The zero-order valence-electron chi connectivity index (χ0n) is 21.6. The molecule has 2 heterocycles. The zero-order chi connectivity index (χ0) is 23.5. The van der Waals surface area contributed by atoms with Crippen molar-refractivity contribution >= 4 is 0 Å². The lowest BCUT2D eigenvalue weighted by Gasteiger charge is -2.36. The maximum absolute atomic E-state index is 4.44. The lowest BCUT2D eigenvalue weighted by Crippen LogP contribution is -2.43. The predicted molar refractivity (Wildman–Crippen MR) is 141 cm³/mol. The van der Waals surface area contributed by atoms with Gasteiger partial charge >= 0.3 is 0 Å². The van der Waals surface area contributed by atoms with Gasteiger partial charge in [-0.25, -0.2) is 0 Å². The van der Waals surface area contributed by atoms with Crippen LogP contribution in [0.1, 0.15) is 51.7 Å². The number of piperazine rings is 1. The SMILES string of the molecule is C=C(C(C)/C=C\C=C(/C)N1CCN(C)CC1)N1CCC(Cc2ccccc2C)CC1.CC. The molecule has 32 heavy (non-hydrogen) atoms. The van der Waals surface area contributed by atoms with Crippen molar-refractivity contribution in [2.75, 3.05) is 46.3 Å². The average molecular weight is 438 g/mol. The molecule has 0 spiro atoms. The van der Waals surface area contributed by atoms with Crippen molar-refractivity contribution in [2.24, 2.45) is 11.8 Å². The maximum atomic E-state index is 4.44. The van der Waals surface area contributed by atoms with Crippen molar-refractivity contribution in [1.29, 1.82) is 0 Å². The highest BCUT2D eigenvalue weighted by Gasteiger charge is 2.22. The van der Waals surface area contributed by atoms with Crippen LogP contribution in [0.25, 0.3) is 0 Å². The van der Waals surface area contributed by atoms with Crippen molar-refractivity contribution in [1.82, 2.24) is 14.7 Å². The van der Waals surface area contributed by atoms with Crippen LogP contribution in [0.5, 0.6) is 0 Å². The van der Waals surface area contributed by atoms with Crippen LogP contribution in [0.4, 0.5) is 0 Å². The molecular weight excluding hydrogens is 390 g/mol. The third kappa shape index (κ3) is 7.85. The van der Waals surface area contributed by atoms with E-state index in [0.29, 0.717) is 5.92 Å². The summed E-state index contributed by atoms with van der Waals surface area (Å²) in [5.41, 5.74) is 5.59. The van der Waals surface area contributed by atoms with E-state index in [1.54, 1.807) is 0 Å². The van der Waals surface area contributed by atoms with Crippen molar-refractivity contribution in [2.45, 2.75) is 53.9 Å². The van der Waals surface area contributed by atoms with Crippen LogP contribution in [0.15, 0.2) is 60.5 Å². The number of aryl methyl sites for hydroxylation is 1. The van der Waals surface area contributed by atoms with E-state index >= 15 is 0 Å². The zero-order valence-corrected chi connectivity index (χ0v) is 21.6. The largest absolute Gasteiger partial charge is 0.375 e. The highest BCUT2D eigenvalue weighted by Crippen LogP contribution is 2.27. The average Bonchev–Trinajstić information content (AvgIpc) is 2.82. The summed E-state index contributed by atoms with van der Waals surface area (Å²) in [7, 11) is 2.20. The monoisotopic (exact) mass is 437 g/mol. The molecule has 2 fully saturated rings. The van der Waals surface area contributed by atoms with Gasteiger partial charge in [0.15, 0.2) is 0 Å². The Morgan fingerprint density at radius 2 is 1.66 bits per heavy atom. The van der Waals surface area contributed by atoms with Crippen molar-refractivity contribution in [3.8, 4) is 0 Å². The van der Waals surface area contributed by atoms with Gasteiger partial charge in [0.05, 0.1) is 0 Å². The minimum absolute atomic E-state index is 0.384. The fourth-order valence-electron chi connectivity index (χ4n) is 4.60. The van der Waals surface area contributed by atoms with Crippen molar-refractivity contribution in [3.63, 3.8) is 0 Å². The summed E-state index contributed by atoms with van der Waals surface area (Å²) >= 11 is 0. The number of benzene rings is 1. The van der Waals surface area contributed by atoms with Crippen molar-refractivity contribution in [3.05, 3.63) is 71.6 Å². The summed E-state index contributed by atoms with van der Waals surface area (Å²) in [5, 5.41) is 0. The normalized spacial score (nSPS) is 19.6. The summed E-state index contributed by atoms with van der Waals surface area (Å²) in [6.45, 7) is 22.0. The Morgan fingerprint density at radius 3 is 2.28 bits per heavy atom. The Morgan fingerprint density at radius 1 is 1.03 bits per heavy atom. The van der Waals surface area contributed by atoms with Gasteiger partial charge in [0.1, 0.15) is 0 Å². The molecule has 2 saturated heterocycles. The Hall–Kier alpha value is -2.00. The maximum Gasteiger partial charge on any atom is 0.0303 e. The molecule has 0 aromatic heterocycles. The van der Waals surface area contributed by atoms with E-state index in [1.165, 1.54) is 41.8 Å². The number of hydrogen-bond donors (Lipinski definition) is 0. The number of likely N-dealkylation sites (N-methyl/N-ethyl adjacent to an activating group) is 1. The van der Waals surface area contributed by atoms with E-state index in [2.05, 4.69) is 91.6 Å². The smallest absolute Gasteiger partial charge is 0.0303 e. The van der Waals surface area contributed by atoms with Crippen LogP contribution in [0.3, 0.4) is 0 Å². The first-order chi connectivity index (χ1) is 15.4. The van der Waals surface area contributed by atoms with Gasteiger partial charge in [0.25, 0.3) is 0 Å². The van der Waals surface area contributed by atoms with Crippen LogP contribution < -0.4 is 0 Å². The van der Waals surface area contributed by atoms with Crippen LogP contribution in [-0.2, 0) is 6.42 Å². The molecule has 0 saturated carbocycles. The Balaban J connectivity index is 0.00000176. The van der Waals surface area contributed by atoms with Gasteiger partial charge in [0, 0.05) is 56.6 Å². The Kier molecular flexibility index (Phi) is 11.1. The van der Waals surface area contributed by atoms with Crippen LogP contribution >= 0.6 is 0 Å². The molecule has 3 nitrogen and oxygen atoms in total. The van der Waals surface area contributed by atoms with Gasteiger partial charge in [-0.05, 0) is 63.3 Å². The van der Waals surface area contributed by atoms with E-state index in [-0.39, 0.29) is 0 Å². The second kappa shape index (κ2) is 13.5. The second-order valence-corrected chi connectivity index (χ2v) is 9.32. The van der Waals surface area contributed by atoms with E-state index in [0.717, 1.165) is 45.2 Å². The van der Waals surface area contributed by atoms with Crippen LogP contribution in [0, 0.1) is 18.8 Å². The third-order valence-corrected chi connectivity index (χ3v) is 7.06. The Bertz CT molecular complexity index is 747. The first-order valence-corrected chi connectivity index (χ1v) is 12.7. The van der Waals surface area contributed by atoms with E-state index in [4.69, 9.17) is 0 Å². The van der Waals surface area contributed by atoms with Crippen LogP contribution in [-0.4, -0.2) is 61.0 Å². The number of allylic oxidation sites excluding steroid dienone is 4. The molecule has 0 aliphatic carbocycles. The first kappa shape index (κ1) is 26.3. The number of piperidine rings is 1. The Labute approximate surface area is 198 Å². The summed E-state index contributed by atoms with van der Waals surface area (Å²) in [6, 6.07) is 8.85. The molecule has 0 radical (unpaired) electrons. The lowest BCUT2D eigenvalue weighted by molar-refractivity contribution is 0.186. The highest BCUT2D eigenvalue weighted by atomic mass is 15.2. The molecule has 0 bridgehead atoms. The second-order valence-electron chi connectivity index (χ2n) is 9.32. The minimum Gasteiger partial charge on any atom is -0.375 e. The molecule has 0 amide bonds. The number of hydrogen-bond acceptors (Lipinski definition) is 3. The molecule has 0 N–H and O–H groups in total. The lowest BCUT2D eigenvalue weighted by atomic mass is 9.88. The summed E-state index contributed by atoms with van der Waals surface area (Å²) in [4.78, 5) is 7.40. The molecule has 2 aliphatic rings. The fraction of sp³-hybridized carbons (Fsp3) is 0.586. The molecule has 1 aromatic rings. The van der Waals surface area contributed by atoms with Gasteiger partial charge in [-0.15, -0.1) is 0 Å². The standard InChI is InChI=1S/C27H41N3.C2H6/c1-22(10-8-11-24(3)29-19-17-28(5)18-20-29)25(4)30-15-13-26(14-16-30)21-27-12-7-6-9-23(27)2;1-2/h6-12,22,26H,4,13-21H2,1-3,5H3;1-2H3/b10-8-,24-11+;. The van der Waals surface area contributed by atoms with E-state index < -0.39 is 0 Å². The van der Waals surface area contributed by atoms with Crippen molar-refractivity contribution < 1.29 is 0 Å². The summed E-state index contributed by atoms with van der Waals surface area (Å²) in [6.07, 6.45) is 10.6. The fourth-order valence-corrected chi connectivity index (χ4v) is 4.60. The van der Waals surface area contributed by atoms with E-state index in [1.807, 2.05) is 13.8 Å². The van der Waals surface area contributed by atoms with E-state index in [9.17, 15) is 0 Å². The minimum atomic E-state index is 0.384. The number of likely N-dealkylation sites (tertiary alicyclic amines) is 1.